The molecule has 1 radical (unpaired) electrons. The SMILES string of the molecule is CC(C)(C)c1ccc2c(c1)C[N]C2. The van der Waals surface area contributed by atoms with Crippen molar-refractivity contribution in [2.45, 2.75) is 39.3 Å². The lowest BCUT2D eigenvalue weighted by Gasteiger charge is -2.19. The smallest absolute Gasteiger partial charge is 0.0391 e. The van der Waals surface area contributed by atoms with Crippen LogP contribution in [0.2, 0.25) is 0 Å². The summed E-state index contributed by atoms with van der Waals surface area (Å²) in [6.07, 6.45) is 0. The van der Waals surface area contributed by atoms with Gasteiger partial charge in [0.05, 0.1) is 0 Å². The van der Waals surface area contributed by atoms with E-state index in [2.05, 4.69) is 44.3 Å². The van der Waals surface area contributed by atoms with Gasteiger partial charge in [0.25, 0.3) is 0 Å². The molecule has 0 bridgehead atoms. The second-order valence-corrected chi connectivity index (χ2v) is 4.77. The average molecular weight is 174 g/mol. The van der Waals surface area contributed by atoms with Crippen LogP contribution in [0.1, 0.15) is 37.5 Å². The van der Waals surface area contributed by atoms with E-state index in [4.69, 9.17) is 0 Å². The van der Waals surface area contributed by atoms with Gasteiger partial charge >= 0.3 is 0 Å². The summed E-state index contributed by atoms with van der Waals surface area (Å²) in [4.78, 5) is 0. The third-order valence-electron chi connectivity index (χ3n) is 2.64. The molecular formula is C12H16N. The summed E-state index contributed by atoms with van der Waals surface area (Å²) >= 11 is 0. The van der Waals surface area contributed by atoms with Gasteiger partial charge in [-0.2, -0.15) is 0 Å². The summed E-state index contributed by atoms with van der Waals surface area (Å²) in [5, 5.41) is 4.37. The molecule has 0 aromatic heterocycles. The molecule has 1 aromatic rings. The van der Waals surface area contributed by atoms with Gasteiger partial charge < -0.3 is 0 Å². The normalized spacial score (nSPS) is 15.9. The third-order valence-corrected chi connectivity index (χ3v) is 2.64. The summed E-state index contributed by atoms with van der Waals surface area (Å²) in [7, 11) is 0. The Balaban J connectivity index is 2.42. The lowest BCUT2D eigenvalue weighted by atomic mass is 9.85. The molecule has 0 unspecified atom stereocenters. The van der Waals surface area contributed by atoms with Crippen molar-refractivity contribution < 1.29 is 0 Å². The summed E-state index contributed by atoms with van der Waals surface area (Å²) < 4.78 is 0. The predicted molar refractivity (Wildman–Crippen MR) is 54.7 cm³/mol. The summed E-state index contributed by atoms with van der Waals surface area (Å²) in [5.74, 6) is 0. The van der Waals surface area contributed by atoms with Crippen molar-refractivity contribution in [2.75, 3.05) is 0 Å². The minimum atomic E-state index is 0.262. The van der Waals surface area contributed by atoms with E-state index in [0.717, 1.165) is 13.1 Å². The van der Waals surface area contributed by atoms with Crippen LogP contribution in [0, 0.1) is 0 Å². The third kappa shape index (κ3) is 1.61. The van der Waals surface area contributed by atoms with E-state index >= 15 is 0 Å². The topological polar surface area (TPSA) is 14.1 Å². The molecule has 2 rings (SSSR count). The van der Waals surface area contributed by atoms with Gasteiger partial charge in [-0.05, 0) is 22.1 Å². The molecule has 69 valence electrons. The van der Waals surface area contributed by atoms with Crippen LogP contribution in [0.25, 0.3) is 0 Å². The van der Waals surface area contributed by atoms with Crippen LogP contribution in [-0.4, -0.2) is 0 Å². The van der Waals surface area contributed by atoms with Crippen molar-refractivity contribution in [3.63, 3.8) is 0 Å². The van der Waals surface area contributed by atoms with Crippen molar-refractivity contribution in [2.24, 2.45) is 0 Å². The molecule has 13 heavy (non-hydrogen) atoms. The highest BCUT2D eigenvalue weighted by molar-refractivity contribution is 5.37. The van der Waals surface area contributed by atoms with E-state index in [0.29, 0.717) is 0 Å². The summed E-state index contributed by atoms with van der Waals surface area (Å²) in [6.45, 7) is 8.58. The zero-order valence-corrected chi connectivity index (χ0v) is 8.59. The molecule has 0 saturated carbocycles. The molecule has 0 saturated heterocycles. The van der Waals surface area contributed by atoms with Gasteiger partial charge in [0.15, 0.2) is 0 Å². The van der Waals surface area contributed by atoms with Gasteiger partial charge in [-0.15, -0.1) is 0 Å². The van der Waals surface area contributed by atoms with Crippen molar-refractivity contribution in [1.29, 1.82) is 0 Å². The van der Waals surface area contributed by atoms with Gasteiger partial charge in [0, 0.05) is 13.1 Å². The van der Waals surface area contributed by atoms with Crippen LogP contribution in [0.5, 0.6) is 0 Å². The van der Waals surface area contributed by atoms with E-state index < -0.39 is 0 Å². The van der Waals surface area contributed by atoms with Gasteiger partial charge in [-0.3, -0.25) is 0 Å². The Labute approximate surface area is 80.2 Å². The molecule has 0 spiro atoms. The van der Waals surface area contributed by atoms with E-state index in [9.17, 15) is 0 Å². The van der Waals surface area contributed by atoms with Crippen LogP contribution >= 0.6 is 0 Å². The highest BCUT2D eigenvalue weighted by Gasteiger charge is 2.17. The molecule has 0 aliphatic carbocycles. The molecule has 0 atom stereocenters. The zero-order valence-electron chi connectivity index (χ0n) is 8.59. The van der Waals surface area contributed by atoms with E-state index in [-0.39, 0.29) is 5.41 Å². The number of rotatable bonds is 0. The van der Waals surface area contributed by atoms with Crippen molar-refractivity contribution >= 4 is 0 Å². The fourth-order valence-corrected chi connectivity index (χ4v) is 1.69. The lowest BCUT2D eigenvalue weighted by molar-refractivity contribution is 0.589. The first-order valence-electron chi connectivity index (χ1n) is 4.83. The predicted octanol–water partition coefficient (Wildman–Crippen LogP) is 2.60. The maximum atomic E-state index is 4.37. The van der Waals surface area contributed by atoms with Gasteiger partial charge in [-0.25, -0.2) is 5.32 Å². The number of hydrogen-bond donors (Lipinski definition) is 0. The Bertz CT molecular complexity index is 320. The second-order valence-electron chi connectivity index (χ2n) is 4.77. The Hall–Kier alpha value is -0.820. The number of benzene rings is 1. The largest absolute Gasteiger partial charge is 0.232 e. The average Bonchev–Trinajstić information content (AvgIpc) is 2.47. The monoisotopic (exact) mass is 174 g/mol. The number of nitrogens with zero attached hydrogens (tertiary/aromatic N) is 1. The first kappa shape index (κ1) is 8.76. The van der Waals surface area contributed by atoms with Gasteiger partial charge in [0.1, 0.15) is 0 Å². The first-order valence-corrected chi connectivity index (χ1v) is 4.83. The second kappa shape index (κ2) is 2.85. The standard InChI is InChI=1S/C12H16N/c1-12(2,3)11-5-4-9-7-13-8-10(9)6-11/h4-6H,7-8H2,1-3H3. The molecule has 1 nitrogen and oxygen atoms in total. The van der Waals surface area contributed by atoms with Crippen LogP contribution in [0.4, 0.5) is 0 Å². The van der Waals surface area contributed by atoms with Crippen molar-refractivity contribution in [3.05, 3.63) is 34.9 Å². The maximum absolute atomic E-state index is 4.37. The fourth-order valence-electron chi connectivity index (χ4n) is 1.69. The quantitative estimate of drug-likeness (QED) is 0.574. The highest BCUT2D eigenvalue weighted by Crippen LogP contribution is 2.26. The Morgan fingerprint density at radius 3 is 2.46 bits per heavy atom. The van der Waals surface area contributed by atoms with E-state index in [1.807, 2.05) is 0 Å². The van der Waals surface area contributed by atoms with Gasteiger partial charge in [0.2, 0.25) is 0 Å². The minimum absolute atomic E-state index is 0.262. The molecule has 1 heterocycles. The number of fused-ring (bicyclic) bond motifs is 1. The Kier molecular flexibility index (Phi) is 1.92. The molecular weight excluding hydrogens is 158 g/mol. The van der Waals surface area contributed by atoms with Crippen LogP contribution in [0.3, 0.4) is 0 Å². The fraction of sp³-hybridized carbons (Fsp3) is 0.500. The lowest BCUT2D eigenvalue weighted by Crippen LogP contribution is -2.11. The minimum Gasteiger partial charge on any atom is -0.232 e. The molecule has 1 aliphatic rings. The van der Waals surface area contributed by atoms with Crippen LogP contribution in [-0.2, 0) is 18.5 Å². The number of hydrogen-bond acceptors (Lipinski definition) is 0. The molecule has 1 aromatic carbocycles. The first-order chi connectivity index (χ1) is 6.07. The molecule has 1 heteroatoms. The van der Waals surface area contributed by atoms with Gasteiger partial charge in [-0.1, -0.05) is 39.0 Å². The molecule has 1 aliphatic heterocycles. The summed E-state index contributed by atoms with van der Waals surface area (Å²) in [5.41, 5.74) is 4.52. The zero-order chi connectivity index (χ0) is 9.47. The summed E-state index contributed by atoms with van der Waals surface area (Å²) in [6, 6.07) is 6.78. The molecule has 0 fully saturated rings. The van der Waals surface area contributed by atoms with Crippen LogP contribution < -0.4 is 5.32 Å². The molecule has 0 amide bonds. The highest BCUT2D eigenvalue weighted by atomic mass is 14.9. The Morgan fingerprint density at radius 2 is 1.77 bits per heavy atom. The molecule has 0 N–H and O–H groups in total. The maximum Gasteiger partial charge on any atom is 0.0391 e. The van der Waals surface area contributed by atoms with E-state index in [1.54, 1.807) is 0 Å². The Morgan fingerprint density at radius 1 is 1.08 bits per heavy atom. The van der Waals surface area contributed by atoms with Crippen molar-refractivity contribution in [3.8, 4) is 0 Å². The van der Waals surface area contributed by atoms with E-state index in [1.165, 1.54) is 16.7 Å². The van der Waals surface area contributed by atoms with Crippen LogP contribution in [0.15, 0.2) is 18.2 Å². The van der Waals surface area contributed by atoms with Crippen molar-refractivity contribution in [1.82, 2.24) is 5.32 Å².